The number of rotatable bonds is 2. The molecule has 0 heterocycles. The Labute approximate surface area is 62.0 Å². The lowest BCUT2D eigenvalue weighted by Gasteiger charge is -1.92. The van der Waals surface area contributed by atoms with E-state index in [1.165, 1.54) is 0 Å². The fourth-order valence-corrected chi connectivity index (χ4v) is 0.146. The van der Waals surface area contributed by atoms with Crippen molar-refractivity contribution in [3.8, 4) is 0 Å². The maximum Gasteiger partial charge on any atom is 0.505 e. The molecule has 0 aromatic heterocycles. The summed E-state index contributed by atoms with van der Waals surface area (Å²) in [7, 11) is 0. The summed E-state index contributed by atoms with van der Waals surface area (Å²) in [5, 5.41) is 21.7. The average molecular weight is 167 g/mol. The highest BCUT2D eigenvalue weighted by atomic mass is 16.7. The first-order chi connectivity index (χ1) is 5.00. The molecule has 0 aromatic carbocycles. The van der Waals surface area contributed by atoms with Crippen molar-refractivity contribution < 1.29 is 29.6 Å². The van der Waals surface area contributed by atoms with Crippen LogP contribution in [-0.2, 0) is 4.74 Å². The van der Waals surface area contributed by atoms with Crippen LogP contribution in [0.5, 0.6) is 0 Å². The van der Waals surface area contributed by atoms with E-state index in [0.717, 1.165) is 0 Å². The van der Waals surface area contributed by atoms with Gasteiger partial charge in [-0.3, -0.25) is 0 Å². The molecule has 0 radical (unpaired) electrons. The molecule has 66 valence electrons. The molecule has 0 rings (SSSR count). The highest BCUT2D eigenvalue weighted by molar-refractivity contribution is 5.56. The monoisotopic (exact) mass is 167 g/mol. The third kappa shape index (κ3) is 57.5. The average Bonchev–Trinajstić information content (AvgIpc) is 1.82. The van der Waals surface area contributed by atoms with Crippen LogP contribution in [0.3, 0.4) is 0 Å². The predicted octanol–water partition coefficient (Wildman–Crippen LogP) is -0.138. The summed E-state index contributed by atoms with van der Waals surface area (Å²) in [6, 6.07) is 0. The first kappa shape index (κ1) is 12.2. The molecular formula is C4H9NO6. The third-order valence-corrected chi connectivity index (χ3v) is 0.343. The zero-order valence-electron chi connectivity index (χ0n) is 5.56. The van der Waals surface area contributed by atoms with Crippen LogP contribution in [0.25, 0.3) is 0 Å². The van der Waals surface area contributed by atoms with Gasteiger partial charge in [0.1, 0.15) is 6.61 Å². The number of carboxylic acid groups (broad SMARTS) is 3. The Morgan fingerprint density at radius 3 is 1.73 bits per heavy atom. The van der Waals surface area contributed by atoms with Crippen LogP contribution in [0.2, 0.25) is 0 Å². The highest BCUT2D eigenvalue weighted by Crippen LogP contribution is 1.69. The standard InChI is InChI=1S/C3H7NO3.CH2O3/c4-1-2-7-3(5)6;2-1(3)4/h1-2,4H2,(H,5,6);(H2,2,3,4). The van der Waals surface area contributed by atoms with Crippen molar-refractivity contribution in [2.24, 2.45) is 5.73 Å². The lowest BCUT2D eigenvalue weighted by atomic mass is 10.7. The van der Waals surface area contributed by atoms with E-state index in [2.05, 4.69) is 4.74 Å². The fourth-order valence-electron chi connectivity index (χ4n) is 0.146. The molecule has 5 N–H and O–H groups in total. The van der Waals surface area contributed by atoms with Crippen LogP contribution in [0.4, 0.5) is 9.59 Å². The lowest BCUT2D eigenvalue weighted by Crippen LogP contribution is -2.11. The molecule has 0 saturated carbocycles. The van der Waals surface area contributed by atoms with Gasteiger partial charge in [-0.2, -0.15) is 0 Å². The van der Waals surface area contributed by atoms with E-state index in [1.54, 1.807) is 0 Å². The van der Waals surface area contributed by atoms with Crippen LogP contribution in [0.1, 0.15) is 0 Å². The molecular weight excluding hydrogens is 158 g/mol. The van der Waals surface area contributed by atoms with Crippen molar-refractivity contribution in [1.82, 2.24) is 0 Å². The van der Waals surface area contributed by atoms with Crippen molar-refractivity contribution in [3.63, 3.8) is 0 Å². The first-order valence-electron chi connectivity index (χ1n) is 2.48. The van der Waals surface area contributed by atoms with E-state index in [0.29, 0.717) is 0 Å². The Kier molecular flexibility index (Phi) is 9.43. The highest BCUT2D eigenvalue weighted by Gasteiger charge is 1.89. The van der Waals surface area contributed by atoms with Crippen LogP contribution in [-0.4, -0.2) is 40.8 Å². The molecule has 0 aliphatic rings. The van der Waals surface area contributed by atoms with Gasteiger partial charge in [-0.1, -0.05) is 0 Å². The minimum Gasteiger partial charge on any atom is -0.450 e. The molecule has 0 aromatic rings. The van der Waals surface area contributed by atoms with Gasteiger partial charge in [0.15, 0.2) is 0 Å². The summed E-state index contributed by atoms with van der Waals surface area (Å²) in [5.74, 6) is 0. The molecule has 0 amide bonds. The first-order valence-corrected chi connectivity index (χ1v) is 2.48. The van der Waals surface area contributed by atoms with Crippen molar-refractivity contribution >= 4 is 12.3 Å². The SMILES string of the molecule is NCCOC(=O)O.O=C(O)O. The van der Waals surface area contributed by atoms with Gasteiger partial charge in [0, 0.05) is 6.54 Å². The molecule has 0 aliphatic carbocycles. The second-order valence-corrected chi connectivity index (χ2v) is 1.19. The number of ether oxygens (including phenoxy) is 1. The van der Waals surface area contributed by atoms with E-state index in [1.807, 2.05) is 0 Å². The van der Waals surface area contributed by atoms with Crippen molar-refractivity contribution in [2.45, 2.75) is 0 Å². The zero-order chi connectivity index (χ0) is 9.28. The normalized spacial score (nSPS) is 7.36. The van der Waals surface area contributed by atoms with Gasteiger partial charge in [-0.25, -0.2) is 9.59 Å². The maximum atomic E-state index is 9.48. The van der Waals surface area contributed by atoms with Crippen molar-refractivity contribution in [3.05, 3.63) is 0 Å². The molecule has 0 atom stereocenters. The van der Waals surface area contributed by atoms with E-state index < -0.39 is 12.3 Å². The summed E-state index contributed by atoms with van der Waals surface area (Å²) in [6.45, 7) is 0.321. The molecule has 0 fully saturated rings. The Bertz CT molecular complexity index is 120. The Morgan fingerprint density at radius 2 is 1.64 bits per heavy atom. The largest absolute Gasteiger partial charge is 0.505 e. The zero-order valence-corrected chi connectivity index (χ0v) is 5.56. The molecule has 7 nitrogen and oxygen atoms in total. The van der Waals surface area contributed by atoms with E-state index in [4.69, 9.17) is 25.8 Å². The van der Waals surface area contributed by atoms with E-state index in [9.17, 15) is 4.79 Å². The number of hydrogen-bond donors (Lipinski definition) is 4. The minimum atomic E-state index is -1.83. The summed E-state index contributed by atoms with van der Waals surface area (Å²) < 4.78 is 3.98. The third-order valence-electron chi connectivity index (χ3n) is 0.343. The molecule has 0 spiro atoms. The molecule has 7 heteroatoms. The van der Waals surface area contributed by atoms with Crippen molar-refractivity contribution in [2.75, 3.05) is 13.2 Å². The van der Waals surface area contributed by atoms with Gasteiger partial charge in [0.25, 0.3) is 0 Å². The molecule has 0 unspecified atom stereocenters. The quantitative estimate of drug-likeness (QED) is 0.421. The van der Waals surface area contributed by atoms with Gasteiger partial charge in [0.2, 0.25) is 0 Å². The molecule has 0 bridgehead atoms. The second kappa shape index (κ2) is 8.50. The Morgan fingerprint density at radius 1 is 1.27 bits per heavy atom. The number of hydrogen-bond acceptors (Lipinski definition) is 4. The second-order valence-electron chi connectivity index (χ2n) is 1.19. The number of nitrogens with two attached hydrogens (primary N) is 1. The summed E-state index contributed by atoms with van der Waals surface area (Å²) in [5.41, 5.74) is 4.89. The van der Waals surface area contributed by atoms with E-state index >= 15 is 0 Å². The summed E-state index contributed by atoms with van der Waals surface area (Å²) in [6.07, 6.45) is -3.11. The summed E-state index contributed by atoms with van der Waals surface area (Å²) >= 11 is 0. The van der Waals surface area contributed by atoms with Gasteiger partial charge < -0.3 is 25.8 Å². The smallest absolute Gasteiger partial charge is 0.450 e. The molecule has 0 saturated heterocycles. The maximum absolute atomic E-state index is 9.48. The van der Waals surface area contributed by atoms with Crippen LogP contribution >= 0.6 is 0 Å². The van der Waals surface area contributed by atoms with Crippen LogP contribution in [0.15, 0.2) is 0 Å². The molecule has 11 heavy (non-hydrogen) atoms. The van der Waals surface area contributed by atoms with E-state index in [-0.39, 0.29) is 13.2 Å². The predicted molar refractivity (Wildman–Crippen MR) is 33.7 cm³/mol. The Balaban J connectivity index is 0. The van der Waals surface area contributed by atoms with Crippen LogP contribution < -0.4 is 5.73 Å². The minimum absolute atomic E-state index is 0.0787. The lowest BCUT2D eigenvalue weighted by molar-refractivity contribution is 0.0943. The van der Waals surface area contributed by atoms with Gasteiger partial charge in [0.05, 0.1) is 0 Å². The van der Waals surface area contributed by atoms with Gasteiger partial charge in [-0.05, 0) is 0 Å². The fraction of sp³-hybridized carbons (Fsp3) is 0.500. The van der Waals surface area contributed by atoms with Crippen molar-refractivity contribution in [1.29, 1.82) is 0 Å². The van der Waals surface area contributed by atoms with Crippen LogP contribution in [0, 0.1) is 0 Å². The number of carbonyl (C=O) groups is 2. The van der Waals surface area contributed by atoms with Gasteiger partial charge in [-0.15, -0.1) is 0 Å². The van der Waals surface area contributed by atoms with Gasteiger partial charge >= 0.3 is 12.3 Å². The topological polar surface area (TPSA) is 130 Å². The summed E-state index contributed by atoms with van der Waals surface area (Å²) in [4.78, 5) is 18.0. The molecule has 0 aliphatic heterocycles. The Hall–Kier alpha value is -1.50.